The molecule has 92 valence electrons. The molecule has 1 saturated heterocycles. The molecule has 1 heterocycles. The van der Waals surface area contributed by atoms with Crippen LogP contribution in [-0.2, 0) is 9.53 Å². The summed E-state index contributed by atoms with van der Waals surface area (Å²) < 4.78 is 5.14. The Balaban J connectivity index is 2.86. The van der Waals surface area contributed by atoms with Crippen molar-refractivity contribution in [3.8, 4) is 0 Å². The van der Waals surface area contributed by atoms with Gasteiger partial charge >= 0.3 is 6.09 Å². The molecule has 2 unspecified atom stereocenters. The van der Waals surface area contributed by atoms with Gasteiger partial charge in [0.2, 0.25) is 5.91 Å². The van der Waals surface area contributed by atoms with Crippen molar-refractivity contribution in [1.29, 1.82) is 0 Å². The van der Waals surface area contributed by atoms with Gasteiger partial charge in [-0.15, -0.1) is 0 Å². The van der Waals surface area contributed by atoms with Crippen molar-refractivity contribution in [3.05, 3.63) is 0 Å². The third-order valence-electron chi connectivity index (χ3n) is 3.32. The number of hydrogen-bond acceptors (Lipinski definition) is 4. The summed E-state index contributed by atoms with van der Waals surface area (Å²) in [5, 5.41) is 10.3. The smallest absolute Gasteiger partial charge is 0.412 e. The number of hydrogen-bond donors (Lipinski definition) is 2. The number of amides is 2. The van der Waals surface area contributed by atoms with Crippen molar-refractivity contribution in [1.82, 2.24) is 4.90 Å². The van der Waals surface area contributed by atoms with Crippen molar-refractivity contribution in [3.63, 3.8) is 0 Å². The Hall–Kier alpha value is -1.30. The lowest BCUT2D eigenvalue weighted by molar-refractivity contribution is -0.139. The fourth-order valence-electron chi connectivity index (χ4n) is 1.75. The number of aliphatic hydroxyl groups is 1. The van der Waals surface area contributed by atoms with Gasteiger partial charge in [-0.3, -0.25) is 9.69 Å². The van der Waals surface area contributed by atoms with E-state index in [0.717, 1.165) is 4.90 Å². The first-order valence-corrected chi connectivity index (χ1v) is 5.26. The first kappa shape index (κ1) is 12.8. The molecule has 2 atom stereocenters. The van der Waals surface area contributed by atoms with Crippen molar-refractivity contribution in [2.45, 2.75) is 44.9 Å². The number of nitrogens with two attached hydrogens (primary N) is 1. The molecule has 2 amide bonds. The van der Waals surface area contributed by atoms with Crippen molar-refractivity contribution >= 4 is 12.0 Å². The van der Waals surface area contributed by atoms with Crippen LogP contribution in [0.5, 0.6) is 0 Å². The largest absolute Gasteiger partial charge is 0.438 e. The van der Waals surface area contributed by atoms with Gasteiger partial charge in [-0.1, -0.05) is 6.92 Å². The fourth-order valence-corrected chi connectivity index (χ4v) is 1.75. The molecule has 0 aromatic carbocycles. The highest BCUT2D eigenvalue weighted by Gasteiger charge is 2.58. The highest BCUT2D eigenvalue weighted by molar-refractivity contribution is 5.76. The maximum absolute atomic E-state index is 11.6. The average Bonchev–Trinajstić information content (AvgIpc) is 2.32. The van der Waals surface area contributed by atoms with Gasteiger partial charge in [-0.05, 0) is 20.3 Å². The molecule has 0 aliphatic carbocycles. The number of rotatable bonds is 4. The molecule has 1 fully saturated rings. The van der Waals surface area contributed by atoms with Gasteiger partial charge < -0.3 is 15.6 Å². The van der Waals surface area contributed by atoms with E-state index >= 15 is 0 Å². The van der Waals surface area contributed by atoms with Crippen molar-refractivity contribution < 1.29 is 19.4 Å². The molecule has 0 aromatic rings. The van der Waals surface area contributed by atoms with E-state index in [1.54, 1.807) is 6.92 Å². The number of cyclic esters (lactones) is 1. The summed E-state index contributed by atoms with van der Waals surface area (Å²) in [4.78, 5) is 23.4. The van der Waals surface area contributed by atoms with E-state index in [9.17, 15) is 14.7 Å². The van der Waals surface area contributed by atoms with Gasteiger partial charge in [-0.25, -0.2) is 4.79 Å². The van der Waals surface area contributed by atoms with Crippen LogP contribution in [0.4, 0.5) is 4.79 Å². The minimum Gasteiger partial charge on any atom is -0.438 e. The van der Waals surface area contributed by atoms with Crippen LogP contribution in [0, 0.1) is 0 Å². The minimum atomic E-state index is -1.42. The summed E-state index contributed by atoms with van der Waals surface area (Å²) in [5.74, 6) is -0.520. The molecule has 16 heavy (non-hydrogen) atoms. The molecule has 1 rings (SSSR count). The predicted molar refractivity (Wildman–Crippen MR) is 56.3 cm³/mol. The van der Waals surface area contributed by atoms with Crippen LogP contribution >= 0.6 is 0 Å². The second kappa shape index (κ2) is 3.93. The van der Waals surface area contributed by atoms with Crippen LogP contribution in [0.15, 0.2) is 0 Å². The molecular formula is C10H18N2O4. The summed E-state index contributed by atoms with van der Waals surface area (Å²) in [7, 11) is 0. The van der Waals surface area contributed by atoms with Gasteiger partial charge in [-0.2, -0.15) is 0 Å². The van der Waals surface area contributed by atoms with Gasteiger partial charge in [0.15, 0.2) is 11.3 Å². The van der Waals surface area contributed by atoms with Crippen LogP contribution in [0.2, 0.25) is 0 Å². The summed E-state index contributed by atoms with van der Waals surface area (Å²) in [6, 6.07) is 0. The molecule has 0 aromatic heterocycles. The Morgan fingerprint density at radius 2 is 2.12 bits per heavy atom. The molecule has 1 aliphatic heterocycles. The Morgan fingerprint density at radius 3 is 2.50 bits per heavy atom. The zero-order chi connectivity index (χ0) is 12.6. The number of ether oxygens (including phenoxy) is 1. The monoisotopic (exact) mass is 230 g/mol. The van der Waals surface area contributed by atoms with Crippen molar-refractivity contribution in [2.75, 3.05) is 6.54 Å². The Labute approximate surface area is 94.3 Å². The number of nitrogens with zero attached hydrogens (tertiary/aromatic N) is 1. The van der Waals surface area contributed by atoms with Gasteiger partial charge in [0.1, 0.15) is 0 Å². The van der Waals surface area contributed by atoms with E-state index in [-0.39, 0.29) is 13.0 Å². The van der Waals surface area contributed by atoms with Crippen LogP contribution in [0.1, 0.15) is 33.6 Å². The third kappa shape index (κ3) is 1.84. The van der Waals surface area contributed by atoms with Gasteiger partial charge in [0, 0.05) is 13.0 Å². The molecule has 0 saturated carbocycles. The SMILES string of the molecule is CCC1(C)OC(=O)N(CCC(N)=O)C1(C)O. The fraction of sp³-hybridized carbons (Fsp3) is 0.800. The Bertz CT molecular complexity index is 316. The van der Waals surface area contributed by atoms with Gasteiger partial charge in [0.25, 0.3) is 0 Å². The number of carbonyl (C=O) groups excluding carboxylic acids is 2. The van der Waals surface area contributed by atoms with Crippen molar-refractivity contribution in [2.24, 2.45) is 5.73 Å². The lowest BCUT2D eigenvalue weighted by atomic mass is 9.91. The summed E-state index contributed by atoms with van der Waals surface area (Å²) >= 11 is 0. The Morgan fingerprint density at radius 1 is 1.56 bits per heavy atom. The molecule has 0 radical (unpaired) electrons. The molecule has 6 heteroatoms. The Kier molecular flexibility index (Phi) is 3.14. The van der Waals surface area contributed by atoms with E-state index in [2.05, 4.69) is 0 Å². The molecular weight excluding hydrogens is 212 g/mol. The standard InChI is InChI=1S/C10H18N2O4/c1-4-9(2)10(3,15)12(8(14)16-9)6-5-7(11)13/h15H,4-6H2,1-3H3,(H2,11,13). The first-order chi connectivity index (χ1) is 7.24. The maximum Gasteiger partial charge on any atom is 0.412 e. The van der Waals surface area contributed by atoms with E-state index in [0.29, 0.717) is 6.42 Å². The van der Waals surface area contributed by atoms with E-state index in [1.807, 2.05) is 6.92 Å². The van der Waals surface area contributed by atoms with E-state index in [1.165, 1.54) is 6.92 Å². The van der Waals surface area contributed by atoms with Crippen LogP contribution in [0.25, 0.3) is 0 Å². The normalized spacial score (nSPS) is 34.0. The highest BCUT2D eigenvalue weighted by atomic mass is 16.6. The predicted octanol–water partition coefficient (Wildman–Crippen LogP) is 0.191. The minimum absolute atomic E-state index is 0.00500. The number of primary amides is 1. The summed E-state index contributed by atoms with van der Waals surface area (Å²) in [5.41, 5.74) is 2.63. The maximum atomic E-state index is 11.6. The third-order valence-corrected chi connectivity index (χ3v) is 3.32. The first-order valence-electron chi connectivity index (χ1n) is 5.26. The quantitative estimate of drug-likeness (QED) is 0.721. The van der Waals surface area contributed by atoms with Crippen LogP contribution in [0.3, 0.4) is 0 Å². The lowest BCUT2D eigenvalue weighted by Crippen LogP contribution is -2.55. The van der Waals surface area contributed by atoms with Crippen LogP contribution < -0.4 is 5.73 Å². The lowest BCUT2D eigenvalue weighted by Gasteiger charge is -2.36. The van der Waals surface area contributed by atoms with Crippen LogP contribution in [-0.4, -0.2) is 39.9 Å². The zero-order valence-electron chi connectivity index (χ0n) is 9.82. The molecule has 0 bridgehead atoms. The second-order valence-corrected chi connectivity index (χ2v) is 4.34. The van der Waals surface area contributed by atoms with E-state index in [4.69, 9.17) is 10.5 Å². The zero-order valence-corrected chi connectivity index (χ0v) is 9.82. The molecule has 1 aliphatic rings. The molecule has 3 N–H and O–H groups in total. The average molecular weight is 230 g/mol. The number of carbonyl (C=O) groups is 2. The van der Waals surface area contributed by atoms with Gasteiger partial charge in [0.05, 0.1) is 0 Å². The second-order valence-electron chi connectivity index (χ2n) is 4.34. The summed E-state index contributed by atoms with van der Waals surface area (Å²) in [6.45, 7) is 5.05. The highest BCUT2D eigenvalue weighted by Crippen LogP contribution is 2.39. The molecule has 6 nitrogen and oxygen atoms in total. The topological polar surface area (TPSA) is 92.9 Å². The van der Waals surface area contributed by atoms with E-state index < -0.39 is 23.3 Å². The molecule has 0 spiro atoms. The summed E-state index contributed by atoms with van der Waals surface area (Å²) in [6.07, 6.45) is -0.125.